The molecule has 1 atom stereocenters. The zero-order chi connectivity index (χ0) is 11.7. The summed E-state index contributed by atoms with van der Waals surface area (Å²) in [6.07, 6.45) is 3.66. The lowest BCUT2D eigenvalue weighted by Gasteiger charge is -2.22. The van der Waals surface area contributed by atoms with E-state index < -0.39 is 0 Å². The van der Waals surface area contributed by atoms with Crippen molar-refractivity contribution in [3.8, 4) is 0 Å². The molecule has 1 aromatic carbocycles. The van der Waals surface area contributed by atoms with Gasteiger partial charge in [-0.15, -0.1) is 0 Å². The van der Waals surface area contributed by atoms with Crippen molar-refractivity contribution >= 4 is 21.6 Å². The molecule has 2 aromatic rings. The number of hydrogen-bond donors (Lipinski definition) is 1. The SMILES string of the molecule is O=c1oc2ccc(CC3CCCNC3)cc2s1. The molecule has 3 nitrogen and oxygen atoms in total. The van der Waals surface area contributed by atoms with E-state index in [0.29, 0.717) is 5.58 Å². The highest BCUT2D eigenvalue weighted by atomic mass is 32.1. The van der Waals surface area contributed by atoms with Crippen molar-refractivity contribution < 1.29 is 4.42 Å². The molecule has 0 saturated carbocycles. The van der Waals surface area contributed by atoms with Crippen LogP contribution < -0.4 is 10.3 Å². The minimum atomic E-state index is -0.212. The first-order valence-corrected chi connectivity index (χ1v) is 6.86. The average Bonchev–Trinajstić information content (AvgIpc) is 2.70. The summed E-state index contributed by atoms with van der Waals surface area (Å²) >= 11 is 1.19. The number of hydrogen-bond acceptors (Lipinski definition) is 4. The molecule has 2 heterocycles. The van der Waals surface area contributed by atoms with Crippen LogP contribution in [0, 0.1) is 5.92 Å². The molecule has 0 spiro atoms. The lowest BCUT2D eigenvalue weighted by Crippen LogP contribution is -2.30. The van der Waals surface area contributed by atoms with Crippen molar-refractivity contribution in [1.82, 2.24) is 5.32 Å². The van der Waals surface area contributed by atoms with E-state index in [2.05, 4.69) is 17.4 Å². The Balaban J connectivity index is 1.82. The molecule has 4 heteroatoms. The van der Waals surface area contributed by atoms with E-state index in [1.807, 2.05) is 6.07 Å². The first-order valence-electron chi connectivity index (χ1n) is 6.04. The van der Waals surface area contributed by atoms with E-state index in [4.69, 9.17) is 4.42 Å². The van der Waals surface area contributed by atoms with Crippen molar-refractivity contribution in [2.75, 3.05) is 13.1 Å². The summed E-state index contributed by atoms with van der Waals surface area (Å²) in [7, 11) is 0. The van der Waals surface area contributed by atoms with Crippen molar-refractivity contribution in [1.29, 1.82) is 0 Å². The molecule has 1 fully saturated rings. The quantitative estimate of drug-likeness (QED) is 0.888. The third-order valence-electron chi connectivity index (χ3n) is 3.32. The van der Waals surface area contributed by atoms with Crippen LogP contribution in [0.4, 0.5) is 0 Å². The molecule has 1 aromatic heterocycles. The second kappa shape index (κ2) is 4.63. The van der Waals surface area contributed by atoms with Crippen LogP contribution in [-0.4, -0.2) is 13.1 Å². The predicted molar refractivity (Wildman–Crippen MR) is 69.7 cm³/mol. The third-order valence-corrected chi connectivity index (χ3v) is 4.11. The van der Waals surface area contributed by atoms with Gasteiger partial charge in [-0.1, -0.05) is 17.4 Å². The predicted octanol–water partition coefficient (Wildman–Crippen LogP) is 2.40. The Kier molecular flexibility index (Phi) is 2.99. The summed E-state index contributed by atoms with van der Waals surface area (Å²) in [5, 5.41) is 3.43. The maximum atomic E-state index is 11.1. The van der Waals surface area contributed by atoms with Crippen molar-refractivity contribution in [2.45, 2.75) is 19.3 Å². The summed E-state index contributed by atoms with van der Waals surface area (Å²) in [4.78, 5) is 10.9. The largest absolute Gasteiger partial charge is 0.414 e. The molecule has 3 rings (SSSR count). The van der Waals surface area contributed by atoms with Gasteiger partial charge in [0.1, 0.15) is 5.58 Å². The summed E-state index contributed by atoms with van der Waals surface area (Å²) in [5.74, 6) is 0.727. The van der Waals surface area contributed by atoms with Gasteiger partial charge in [-0.3, -0.25) is 0 Å². The fourth-order valence-corrected chi connectivity index (χ4v) is 3.21. The highest BCUT2D eigenvalue weighted by molar-refractivity contribution is 7.16. The van der Waals surface area contributed by atoms with E-state index >= 15 is 0 Å². The second-order valence-corrected chi connectivity index (χ2v) is 5.63. The van der Waals surface area contributed by atoms with Gasteiger partial charge in [0.05, 0.1) is 4.70 Å². The Morgan fingerprint density at radius 2 is 2.41 bits per heavy atom. The molecule has 17 heavy (non-hydrogen) atoms. The highest BCUT2D eigenvalue weighted by Crippen LogP contribution is 2.22. The zero-order valence-corrected chi connectivity index (χ0v) is 10.4. The number of nitrogens with one attached hydrogen (secondary N) is 1. The Morgan fingerprint density at radius 1 is 1.47 bits per heavy atom. The third kappa shape index (κ3) is 2.42. The van der Waals surface area contributed by atoms with E-state index in [0.717, 1.165) is 30.1 Å². The molecule has 0 bridgehead atoms. The number of fused-ring (bicyclic) bond motifs is 1. The van der Waals surface area contributed by atoms with Crippen LogP contribution in [0.3, 0.4) is 0 Å². The molecule has 90 valence electrons. The highest BCUT2D eigenvalue weighted by Gasteiger charge is 2.14. The monoisotopic (exact) mass is 249 g/mol. The van der Waals surface area contributed by atoms with Gasteiger partial charge in [0.15, 0.2) is 0 Å². The van der Waals surface area contributed by atoms with Crippen LogP contribution in [0.2, 0.25) is 0 Å². The van der Waals surface area contributed by atoms with Gasteiger partial charge >= 0.3 is 4.94 Å². The molecule has 1 saturated heterocycles. The van der Waals surface area contributed by atoms with Gasteiger partial charge in [-0.2, -0.15) is 0 Å². The molecular formula is C13H15NO2S. The lowest BCUT2D eigenvalue weighted by molar-refractivity contribution is 0.376. The van der Waals surface area contributed by atoms with E-state index in [-0.39, 0.29) is 4.94 Å². The van der Waals surface area contributed by atoms with Gasteiger partial charge in [-0.05, 0) is 56.0 Å². The van der Waals surface area contributed by atoms with Gasteiger partial charge in [0.2, 0.25) is 0 Å². The normalized spacial score (nSPS) is 20.8. The molecule has 1 unspecified atom stereocenters. The van der Waals surface area contributed by atoms with Crippen LogP contribution in [0.15, 0.2) is 27.4 Å². The van der Waals surface area contributed by atoms with Crippen LogP contribution in [0.25, 0.3) is 10.3 Å². The molecule has 0 aliphatic carbocycles. The lowest BCUT2D eigenvalue weighted by atomic mass is 9.92. The van der Waals surface area contributed by atoms with Crippen LogP contribution in [0.1, 0.15) is 18.4 Å². The molecule has 1 N–H and O–H groups in total. The summed E-state index contributed by atoms with van der Waals surface area (Å²) in [5.41, 5.74) is 2.02. The van der Waals surface area contributed by atoms with Crippen LogP contribution in [0.5, 0.6) is 0 Å². The van der Waals surface area contributed by atoms with E-state index in [1.165, 1.54) is 29.7 Å². The van der Waals surface area contributed by atoms with Crippen molar-refractivity contribution in [3.63, 3.8) is 0 Å². The standard InChI is InChI=1S/C13H15NO2S/c15-13-16-11-4-3-9(7-12(11)17-13)6-10-2-1-5-14-8-10/h3-4,7,10,14H,1-2,5-6,8H2. The van der Waals surface area contributed by atoms with Crippen LogP contribution in [-0.2, 0) is 6.42 Å². The average molecular weight is 249 g/mol. The second-order valence-electron chi connectivity index (χ2n) is 4.65. The number of benzene rings is 1. The van der Waals surface area contributed by atoms with Gasteiger partial charge in [0, 0.05) is 0 Å². The van der Waals surface area contributed by atoms with E-state index in [1.54, 1.807) is 0 Å². The Labute approximate surface area is 103 Å². The Bertz CT molecular complexity index is 566. The number of rotatable bonds is 2. The topological polar surface area (TPSA) is 42.2 Å². The Morgan fingerprint density at radius 3 is 3.24 bits per heavy atom. The minimum Gasteiger partial charge on any atom is -0.414 e. The molecule has 1 aliphatic heterocycles. The molecular weight excluding hydrogens is 234 g/mol. The summed E-state index contributed by atoms with van der Waals surface area (Å²) < 4.78 is 6.03. The van der Waals surface area contributed by atoms with Crippen LogP contribution >= 0.6 is 11.3 Å². The first-order chi connectivity index (χ1) is 8.31. The summed E-state index contributed by atoms with van der Waals surface area (Å²) in [6.45, 7) is 2.26. The first kappa shape index (κ1) is 11.0. The van der Waals surface area contributed by atoms with Crippen molar-refractivity contribution in [2.24, 2.45) is 5.92 Å². The van der Waals surface area contributed by atoms with Gasteiger partial charge in [0.25, 0.3) is 0 Å². The smallest absolute Gasteiger partial charge is 0.396 e. The summed E-state index contributed by atoms with van der Waals surface area (Å²) in [6, 6.07) is 6.09. The van der Waals surface area contributed by atoms with Gasteiger partial charge in [-0.25, -0.2) is 4.79 Å². The number of piperidine rings is 1. The molecule has 1 aliphatic rings. The van der Waals surface area contributed by atoms with Gasteiger partial charge < -0.3 is 9.73 Å². The fraction of sp³-hybridized carbons (Fsp3) is 0.462. The zero-order valence-electron chi connectivity index (χ0n) is 9.57. The fourth-order valence-electron chi connectivity index (χ4n) is 2.48. The molecule has 0 radical (unpaired) electrons. The van der Waals surface area contributed by atoms with E-state index in [9.17, 15) is 4.79 Å². The van der Waals surface area contributed by atoms with Crippen molar-refractivity contribution in [3.05, 3.63) is 33.5 Å². The molecule has 0 amide bonds. The maximum Gasteiger partial charge on any atom is 0.396 e. The Hall–Kier alpha value is -1.13. The maximum absolute atomic E-state index is 11.1. The minimum absolute atomic E-state index is 0.212.